The molecular formula is C12H13NOS. The van der Waals surface area contributed by atoms with Gasteiger partial charge in [-0.05, 0) is 23.3 Å². The van der Waals surface area contributed by atoms with E-state index in [-0.39, 0.29) is 0 Å². The van der Waals surface area contributed by atoms with Crippen LogP contribution in [-0.4, -0.2) is 19.5 Å². The van der Waals surface area contributed by atoms with Crippen LogP contribution in [0.3, 0.4) is 0 Å². The topological polar surface area (TPSA) is 33.0 Å². The van der Waals surface area contributed by atoms with Crippen molar-refractivity contribution in [2.75, 3.05) is 19.5 Å². The van der Waals surface area contributed by atoms with E-state index >= 15 is 0 Å². The summed E-state index contributed by atoms with van der Waals surface area (Å²) in [5.41, 5.74) is 2.42. The summed E-state index contributed by atoms with van der Waals surface area (Å²) in [4.78, 5) is 0. The molecule has 1 aliphatic heterocycles. The second-order valence-corrected chi connectivity index (χ2v) is 5.02. The maximum absolute atomic E-state index is 9.37. The van der Waals surface area contributed by atoms with Crippen LogP contribution < -0.4 is 0 Å². The van der Waals surface area contributed by atoms with Crippen LogP contribution in [0.5, 0.6) is 0 Å². The Balaban J connectivity index is 2.48. The predicted molar refractivity (Wildman–Crippen MR) is 61.8 cm³/mol. The minimum Gasteiger partial charge on any atom is -0.382 e. The van der Waals surface area contributed by atoms with E-state index in [0.29, 0.717) is 6.61 Å². The van der Waals surface area contributed by atoms with Gasteiger partial charge in [0.25, 0.3) is 0 Å². The lowest BCUT2D eigenvalue weighted by Crippen LogP contribution is -2.31. The molecule has 0 N–H and O–H groups in total. The highest BCUT2D eigenvalue weighted by Gasteiger charge is 2.37. The molecule has 1 heterocycles. The number of rotatable bonds is 2. The summed E-state index contributed by atoms with van der Waals surface area (Å²) in [6.07, 6.45) is 1.05. The molecule has 1 aliphatic rings. The zero-order chi connectivity index (χ0) is 10.7. The van der Waals surface area contributed by atoms with Crippen molar-refractivity contribution in [1.82, 2.24) is 0 Å². The second kappa shape index (κ2) is 4.26. The molecule has 0 saturated heterocycles. The monoisotopic (exact) mass is 219 g/mol. The number of hydrogen-bond acceptors (Lipinski definition) is 3. The molecule has 0 radical (unpaired) electrons. The highest BCUT2D eigenvalue weighted by molar-refractivity contribution is 8.00. The lowest BCUT2D eigenvalue weighted by Gasteiger charge is -2.31. The Morgan fingerprint density at radius 3 is 3.07 bits per heavy atom. The molecule has 2 nitrogen and oxygen atoms in total. The van der Waals surface area contributed by atoms with Gasteiger partial charge in [0, 0.05) is 7.11 Å². The Labute approximate surface area is 94.2 Å². The maximum atomic E-state index is 9.37. The first kappa shape index (κ1) is 10.5. The van der Waals surface area contributed by atoms with Gasteiger partial charge in [0.1, 0.15) is 0 Å². The fraction of sp³-hybridized carbons (Fsp3) is 0.417. The van der Waals surface area contributed by atoms with E-state index in [1.54, 1.807) is 18.9 Å². The maximum Gasteiger partial charge on any atom is 0.151 e. The Morgan fingerprint density at radius 1 is 1.53 bits per heavy atom. The molecule has 0 fully saturated rings. The van der Waals surface area contributed by atoms with Gasteiger partial charge < -0.3 is 4.74 Å². The highest BCUT2D eigenvalue weighted by atomic mass is 32.2. The third kappa shape index (κ3) is 1.75. The normalized spacial score (nSPS) is 24.3. The standard InChI is InChI=1S/C12H13NOS/c1-14-9-12(8-13)11-5-3-2-4-10(11)6-7-15-12/h2-5H,6-7,9H2,1H3. The van der Waals surface area contributed by atoms with E-state index in [9.17, 15) is 5.26 Å². The number of nitrogens with zero attached hydrogens (tertiary/aromatic N) is 1. The molecule has 0 spiro atoms. The van der Waals surface area contributed by atoms with Gasteiger partial charge in [0.05, 0.1) is 12.7 Å². The summed E-state index contributed by atoms with van der Waals surface area (Å²) in [6, 6.07) is 10.6. The second-order valence-electron chi connectivity index (χ2n) is 3.63. The van der Waals surface area contributed by atoms with Gasteiger partial charge in [-0.15, -0.1) is 11.8 Å². The summed E-state index contributed by atoms with van der Waals surface area (Å²) >= 11 is 1.69. The molecule has 1 aromatic carbocycles. The van der Waals surface area contributed by atoms with Crippen LogP contribution in [0.2, 0.25) is 0 Å². The van der Waals surface area contributed by atoms with Gasteiger partial charge in [-0.1, -0.05) is 24.3 Å². The minimum atomic E-state index is -0.496. The van der Waals surface area contributed by atoms with Crippen molar-refractivity contribution in [1.29, 1.82) is 5.26 Å². The van der Waals surface area contributed by atoms with Crippen LogP contribution >= 0.6 is 11.8 Å². The Bertz CT molecular complexity index is 399. The Hall–Kier alpha value is -0.980. The third-order valence-corrected chi connectivity index (χ3v) is 4.03. The lowest BCUT2D eigenvalue weighted by atomic mass is 9.93. The van der Waals surface area contributed by atoms with Crippen LogP contribution in [0.4, 0.5) is 0 Å². The van der Waals surface area contributed by atoms with E-state index in [1.807, 2.05) is 18.2 Å². The van der Waals surface area contributed by atoms with Crippen LogP contribution in [0.1, 0.15) is 11.1 Å². The number of benzene rings is 1. The minimum absolute atomic E-state index is 0.463. The third-order valence-electron chi connectivity index (χ3n) is 2.70. The highest BCUT2D eigenvalue weighted by Crippen LogP contribution is 2.42. The van der Waals surface area contributed by atoms with Crippen molar-refractivity contribution in [2.45, 2.75) is 11.2 Å². The SMILES string of the molecule is COCC1(C#N)SCCc2ccccc21. The first-order valence-electron chi connectivity index (χ1n) is 4.95. The van der Waals surface area contributed by atoms with Crippen LogP contribution in [-0.2, 0) is 15.9 Å². The molecule has 0 bridgehead atoms. The fourth-order valence-corrected chi connectivity index (χ4v) is 3.28. The molecule has 1 atom stereocenters. The fourth-order valence-electron chi connectivity index (χ4n) is 1.99. The number of hydrogen-bond donors (Lipinski definition) is 0. The van der Waals surface area contributed by atoms with Gasteiger partial charge in [0.2, 0.25) is 0 Å². The summed E-state index contributed by atoms with van der Waals surface area (Å²) in [6.45, 7) is 0.463. The molecule has 2 rings (SSSR count). The van der Waals surface area contributed by atoms with E-state index in [1.165, 1.54) is 5.56 Å². The summed E-state index contributed by atoms with van der Waals surface area (Å²) in [5.74, 6) is 0.994. The number of methoxy groups -OCH3 is 1. The van der Waals surface area contributed by atoms with E-state index in [2.05, 4.69) is 12.1 Å². The van der Waals surface area contributed by atoms with Gasteiger partial charge in [-0.25, -0.2) is 0 Å². The molecule has 15 heavy (non-hydrogen) atoms. The quantitative estimate of drug-likeness (QED) is 0.765. The smallest absolute Gasteiger partial charge is 0.151 e. The lowest BCUT2D eigenvalue weighted by molar-refractivity contribution is 0.183. The molecule has 0 aromatic heterocycles. The zero-order valence-corrected chi connectivity index (χ0v) is 9.51. The summed E-state index contributed by atoms with van der Waals surface area (Å²) < 4.78 is 4.69. The van der Waals surface area contributed by atoms with Crippen molar-refractivity contribution in [2.24, 2.45) is 0 Å². The van der Waals surface area contributed by atoms with E-state index in [0.717, 1.165) is 17.7 Å². The van der Waals surface area contributed by atoms with Gasteiger partial charge >= 0.3 is 0 Å². The average Bonchev–Trinajstić information content (AvgIpc) is 2.30. The molecule has 0 aliphatic carbocycles. The van der Waals surface area contributed by atoms with Crippen molar-refractivity contribution >= 4 is 11.8 Å². The Kier molecular flexibility index (Phi) is 2.99. The van der Waals surface area contributed by atoms with Crippen molar-refractivity contribution in [3.05, 3.63) is 35.4 Å². The van der Waals surface area contributed by atoms with Crippen molar-refractivity contribution < 1.29 is 4.74 Å². The van der Waals surface area contributed by atoms with Crippen LogP contribution in [0.15, 0.2) is 24.3 Å². The summed E-state index contributed by atoms with van der Waals surface area (Å²) in [7, 11) is 1.65. The van der Waals surface area contributed by atoms with Gasteiger partial charge in [-0.3, -0.25) is 0 Å². The van der Waals surface area contributed by atoms with Crippen LogP contribution in [0, 0.1) is 11.3 Å². The largest absolute Gasteiger partial charge is 0.382 e. The Morgan fingerprint density at radius 2 is 2.33 bits per heavy atom. The molecule has 1 aromatic rings. The van der Waals surface area contributed by atoms with Crippen molar-refractivity contribution in [3.63, 3.8) is 0 Å². The molecule has 78 valence electrons. The number of thioether (sulfide) groups is 1. The number of ether oxygens (including phenoxy) is 1. The summed E-state index contributed by atoms with van der Waals surface area (Å²) in [5, 5.41) is 9.37. The molecule has 1 unspecified atom stereocenters. The average molecular weight is 219 g/mol. The zero-order valence-electron chi connectivity index (χ0n) is 8.69. The van der Waals surface area contributed by atoms with E-state index in [4.69, 9.17) is 4.74 Å². The molecule has 3 heteroatoms. The molecule has 0 amide bonds. The van der Waals surface area contributed by atoms with E-state index < -0.39 is 4.75 Å². The first-order chi connectivity index (χ1) is 7.32. The van der Waals surface area contributed by atoms with Gasteiger partial charge in [0.15, 0.2) is 4.75 Å². The predicted octanol–water partition coefficient (Wildman–Crippen LogP) is 2.34. The molecule has 0 saturated carbocycles. The van der Waals surface area contributed by atoms with Crippen LogP contribution in [0.25, 0.3) is 0 Å². The first-order valence-corrected chi connectivity index (χ1v) is 5.93. The number of fused-ring (bicyclic) bond motifs is 1. The van der Waals surface area contributed by atoms with Gasteiger partial charge in [-0.2, -0.15) is 5.26 Å². The van der Waals surface area contributed by atoms with Crippen molar-refractivity contribution in [3.8, 4) is 6.07 Å². The molecular weight excluding hydrogens is 206 g/mol. The number of aryl methyl sites for hydroxylation is 1. The number of nitriles is 1.